The van der Waals surface area contributed by atoms with Crippen LogP contribution in [0.5, 0.6) is 0 Å². The van der Waals surface area contributed by atoms with Gasteiger partial charge in [-0.05, 0) is 18.2 Å². The summed E-state index contributed by atoms with van der Waals surface area (Å²) < 4.78 is 24.6. The number of rotatable bonds is 2. The largest absolute Gasteiger partial charge is 0.266 e. The Bertz CT molecular complexity index is 361. The third-order valence-corrected chi connectivity index (χ3v) is 1.63. The molecule has 0 radical (unpaired) electrons. The van der Waals surface area contributed by atoms with Crippen LogP contribution >= 0.6 is 11.6 Å². The molecule has 0 fully saturated rings. The van der Waals surface area contributed by atoms with Crippen LogP contribution in [0.15, 0.2) is 23.2 Å². The van der Waals surface area contributed by atoms with E-state index >= 15 is 0 Å². The van der Waals surface area contributed by atoms with Gasteiger partial charge in [0.25, 0.3) is 6.43 Å². The predicted molar refractivity (Wildman–Crippen MR) is 44.2 cm³/mol. The Labute approximate surface area is 77.9 Å². The van der Waals surface area contributed by atoms with Crippen molar-refractivity contribution in [1.82, 2.24) is 0 Å². The number of benzene rings is 1. The number of isocyanates is 1. The zero-order valence-corrected chi connectivity index (χ0v) is 7.05. The second-order valence-electron chi connectivity index (χ2n) is 2.21. The molecule has 0 atom stereocenters. The second kappa shape index (κ2) is 4.12. The molecule has 0 spiro atoms. The highest BCUT2D eigenvalue weighted by Crippen LogP contribution is 2.31. The molecular weight excluding hydrogens is 200 g/mol. The minimum atomic E-state index is -2.70. The van der Waals surface area contributed by atoms with Gasteiger partial charge in [0.2, 0.25) is 6.08 Å². The zero-order valence-electron chi connectivity index (χ0n) is 6.30. The number of halogens is 3. The molecule has 0 aliphatic rings. The highest BCUT2D eigenvalue weighted by molar-refractivity contribution is 6.30. The first kappa shape index (κ1) is 9.84. The van der Waals surface area contributed by atoms with Crippen molar-refractivity contribution in [3.8, 4) is 0 Å². The van der Waals surface area contributed by atoms with Crippen LogP contribution in [0, 0.1) is 0 Å². The van der Waals surface area contributed by atoms with Gasteiger partial charge in [0.15, 0.2) is 0 Å². The topological polar surface area (TPSA) is 29.4 Å². The number of alkyl halides is 2. The van der Waals surface area contributed by atoms with Crippen molar-refractivity contribution in [3.63, 3.8) is 0 Å². The van der Waals surface area contributed by atoms with Crippen molar-refractivity contribution in [3.05, 3.63) is 28.8 Å². The molecule has 0 amide bonds. The first-order valence-corrected chi connectivity index (χ1v) is 3.68. The molecule has 0 saturated heterocycles. The summed E-state index contributed by atoms with van der Waals surface area (Å²) in [5.74, 6) is 0. The van der Waals surface area contributed by atoms with Crippen molar-refractivity contribution in [2.75, 3.05) is 0 Å². The Morgan fingerprint density at radius 3 is 2.69 bits per heavy atom. The number of carbonyl (C=O) groups excluding carboxylic acids is 1. The Balaban J connectivity index is 3.26. The van der Waals surface area contributed by atoms with Crippen molar-refractivity contribution in [2.24, 2.45) is 4.99 Å². The Hall–Kier alpha value is -1.25. The van der Waals surface area contributed by atoms with Crippen LogP contribution in [0.3, 0.4) is 0 Å². The molecule has 0 bridgehead atoms. The number of hydrogen-bond donors (Lipinski definition) is 0. The Morgan fingerprint density at radius 2 is 2.15 bits per heavy atom. The molecule has 0 N–H and O–H groups in total. The van der Waals surface area contributed by atoms with Gasteiger partial charge in [-0.3, -0.25) is 0 Å². The maximum absolute atomic E-state index is 12.3. The maximum atomic E-state index is 12.3. The molecule has 1 aromatic carbocycles. The monoisotopic (exact) mass is 203 g/mol. The van der Waals surface area contributed by atoms with Crippen LogP contribution in [0.4, 0.5) is 14.5 Å². The van der Waals surface area contributed by atoms with Gasteiger partial charge < -0.3 is 0 Å². The normalized spacial score (nSPS) is 9.85. The van der Waals surface area contributed by atoms with Crippen LogP contribution in [-0.4, -0.2) is 6.08 Å². The summed E-state index contributed by atoms with van der Waals surface area (Å²) in [6.07, 6.45) is -1.51. The molecule has 0 unspecified atom stereocenters. The highest BCUT2D eigenvalue weighted by Gasteiger charge is 2.12. The van der Waals surface area contributed by atoms with Gasteiger partial charge >= 0.3 is 0 Å². The lowest BCUT2D eigenvalue weighted by atomic mass is 10.2. The molecular formula is C8H4ClF2NO. The lowest BCUT2D eigenvalue weighted by Gasteiger charge is -2.02. The molecule has 5 heteroatoms. The van der Waals surface area contributed by atoms with Crippen LogP contribution in [-0.2, 0) is 4.79 Å². The molecule has 0 aliphatic heterocycles. The summed E-state index contributed by atoms with van der Waals surface area (Å²) in [5.41, 5.74) is -0.467. The van der Waals surface area contributed by atoms with Crippen LogP contribution in [0.2, 0.25) is 5.02 Å². The molecule has 2 nitrogen and oxygen atoms in total. The minimum Gasteiger partial charge on any atom is -0.211 e. The first-order valence-electron chi connectivity index (χ1n) is 3.30. The Kier molecular flexibility index (Phi) is 3.12. The van der Waals surface area contributed by atoms with Crippen LogP contribution in [0.1, 0.15) is 12.0 Å². The maximum Gasteiger partial charge on any atom is 0.266 e. The quantitative estimate of drug-likeness (QED) is 0.536. The molecule has 13 heavy (non-hydrogen) atoms. The summed E-state index contributed by atoms with van der Waals surface area (Å²) in [6.45, 7) is 0. The van der Waals surface area contributed by atoms with E-state index in [0.29, 0.717) is 0 Å². The van der Waals surface area contributed by atoms with E-state index in [-0.39, 0.29) is 16.3 Å². The zero-order chi connectivity index (χ0) is 9.84. The molecule has 1 aromatic rings. The second-order valence-corrected chi connectivity index (χ2v) is 2.64. The van der Waals surface area contributed by atoms with E-state index in [1.54, 1.807) is 0 Å². The molecule has 68 valence electrons. The number of hydrogen-bond acceptors (Lipinski definition) is 2. The number of nitrogens with zero attached hydrogens (tertiary/aromatic N) is 1. The SMILES string of the molecule is O=C=Nc1ccc(Cl)cc1C(F)F. The number of aliphatic imine (C=N–C) groups is 1. The smallest absolute Gasteiger partial charge is 0.211 e. The van der Waals surface area contributed by atoms with E-state index in [4.69, 9.17) is 11.6 Å². The van der Waals surface area contributed by atoms with E-state index in [1.807, 2.05) is 0 Å². The van der Waals surface area contributed by atoms with Crippen LogP contribution in [0.25, 0.3) is 0 Å². The Morgan fingerprint density at radius 1 is 1.46 bits per heavy atom. The summed E-state index contributed by atoms with van der Waals surface area (Å²) in [5, 5.41) is 0.181. The fourth-order valence-corrected chi connectivity index (χ4v) is 1.03. The van der Waals surface area contributed by atoms with E-state index in [2.05, 4.69) is 4.99 Å². The van der Waals surface area contributed by atoms with Gasteiger partial charge in [0, 0.05) is 10.6 Å². The van der Waals surface area contributed by atoms with E-state index in [1.165, 1.54) is 18.2 Å². The molecule has 1 rings (SSSR count). The highest BCUT2D eigenvalue weighted by atomic mass is 35.5. The lowest BCUT2D eigenvalue weighted by Crippen LogP contribution is -1.84. The molecule has 0 aliphatic carbocycles. The standard InChI is InChI=1S/C8H4ClF2NO/c9-5-1-2-7(12-4-13)6(3-5)8(10)11/h1-3,8H. The third-order valence-electron chi connectivity index (χ3n) is 1.39. The van der Waals surface area contributed by atoms with Gasteiger partial charge in [-0.1, -0.05) is 11.6 Å². The summed E-state index contributed by atoms with van der Waals surface area (Å²) in [6, 6.07) is 3.70. The molecule has 0 saturated carbocycles. The lowest BCUT2D eigenvalue weighted by molar-refractivity contribution is 0.152. The van der Waals surface area contributed by atoms with Gasteiger partial charge in [-0.25, -0.2) is 13.6 Å². The van der Waals surface area contributed by atoms with Crippen molar-refractivity contribution >= 4 is 23.4 Å². The van der Waals surface area contributed by atoms with E-state index < -0.39 is 6.43 Å². The average Bonchev–Trinajstić information content (AvgIpc) is 2.08. The fraction of sp³-hybridized carbons (Fsp3) is 0.125. The fourth-order valence-electron chi connectivity index (χ4n) is 0.851. The molecule has 0 heterocycles. The first-order chi connectivity index (χ1) is 6.15. The molecule has 0 aromatic heterocycles. The van der Waals surface area contributed by atoms with Crippen molar-refractivity contribution in [1.29, 1.82) is 0 Å². The summed E-state index contributed by atoms with van der Waals surface area (Å²) in [4.78, 5) is 13.0. The van der Waals surface area contributed by atoms with Crippen molar-refractivity contribution < 1.29 is 13.6 Å². The van der Waals surface area contributed by atoms with Crippen molar-refractivity contribution in [2.45, 2.75) is 6.43 Å². The predicted octanol–water partition coefficient (Wildman–Crippen LogP) is 3.24. The summed E-state index contributed by atoms with van der Waals surface area (Å²) >= 11 is 5.49. The third kappa shape index (κ3) is 2.34. The van der Waals surface area contributed by atoms with Gasteiger partial charge in [0.05, 0.1) is 5.69 Å². The summed E-state index contributed by atoms with van der Waals surface area (Å²) in [7, 11) is 0. The van der Waals surface area contributed by atoms with Crippen LogP contribution < -0.4 is 0 Å². The van der Waals surface area contributed by atoms with Gasteiger partial charge in [-0.2, -0.15) is 4.99 Å². The van der Waals surface area contributed by atoms with Gasteiger partial charge in [0.1, 0.15) is 0 Å². The average molecular weight is 204 g/mol. The van der Waals surface area contributed by atoms with Gasteiger partial charge in [-0.15, -0.1) is 0 Å². The van der Waals surface area contributed by atoms with E-state index in [9.17, 15) is 13.6 Å². The minimum absolute atomic E-state index is 0.102. The van der Waals surface area contributed by atoms with E-state index in [0.717, 1.165) is 6.07 Å².